The van der Waals surface area contributed by atoms with E-state index in [1.165, 1.54) is 43.3 Å². The van der Waals surface area contributed by atoms with Crippen molar-refractivity contribution < 1.29 is 18.7 Å². The fourth-order valence-corrected chi connectivity index (χ4v) is 1.18. The number of nitrogens with one attached hydrogen (secondary N) is 1. The van der Waals surface area contributed by atoms with Crippen LogP contribution in [0.2, 0.25) is 0 Å². The first kappa shape index (κ1) is 13.9. The van der Waals surface area contributed by atoms with Gasteiger partial charge >= 0.3 is 5.97 Å². The summed E-state index contributed by atoms with van der Waals surface area (Å²) in [5.41, 5.74) is 0.440. The molecule has 1 aromatic rings. The van der Waals surface area contributed by atoms with E-state index in [9.17, 15) is 14.0 Å². The number of hydrogen-bond acceptors (Lipinski definition) is 3. The van der Waals surface area contributed by atoms with E-state index >= 15 is 0 Å². The molecule has 96 valence electrons. The van der Waals surface area contributed by atoms with Crippen LogP contribution in [0, 0.1) is 5.82 Å². The van der Waals surface area contributed by atoms with E-state index in [0.29, 0.717) is 5.69 Å². The van der Waals surface area contributed by atoms with Crippen molar-refractivity contribution in [3.05, 3.63) is 42.2 Å². The largest absolute Gasteiger partial charge is 0.449 e. The van der Waals surface area contributed by atoms with Gasteiger partial charge in [-0.25, -0.2) is 9.18 Å². The minimum absolute atomic E-state index is 0.388. The Bertz CT molecular complexity index is 454. The van der Waals surface area contributed by atoms with Gasteiger partial charge in [0.05, 0.1) is 0 Å². The Morgan fingerprint density at radius 3 is 2.50 bits per heavy atom. The first-order chi connectivity index (χ1) is 8.52. The summed E-state index contributed by atoms with van der Waals surface area (Å²) in [6.45, 7) is 3.13. The molecule has 0 aromatic heterocycles. The Hall–Kier alpha value is -2.17. The van der Waals surface area contributed by atoms with Crippen molar-refractivity contribution in [2.75, 3.05) is 5.32 Å². The molecular formula is C13H14FNO3. The fraction of sp³-hybridized carbons (Fsp3) is 0.231. The van der Waals surface area contributed by atoms with Crippen LogP contribution >= 0.6 is 0 Å². The number of carbonyl (C=O) groups is 2. The molecule has 18 heavy (non-hydrogen) atoms. The van der Waals surface area contributed by atoms with Gasteiger partial charge in [0, 0.05) is 11.8 Å². The summed E-state index contributed by atoms with van der Waals surface area (Å²) in [7, 11) is 0. The van der Waals surface area contributed by atoms with Crippen LogP contribution in [0.4, 0.5) is 10.1 Å². The van der Waals surface area contributed by atoms with Crippen LogP contribution in [0.3, 0.4) is 0 Å². The van der Waals surface area contributed by atoms with Gasteiger partial charge in [-0.1, -0.05) is 6.08 Å². The normalized spacial score (nSPS) is 12.2. The van der Waals surface area contributed by atoms with Crippen LogP contribution in [-0.2, 0) is 14.3 Å². The second-order valence-electron chi connectivity index (χ2n) is 3.58. The molecule has 0 heterocycles. The van der Waals surface area contributed by atoms with Gasteiger partial charge in [0.15, 0.2) is 6.10 Å². The molecule has 0 aliphatic carbocycles. The molecule has 1 atom stereocenters. The van der Waals surface area contributed by atoms with Crippen molar-refractivity contribution in [3.63, 3.8) is 0 Å². The number of ether oxygens (including phenoxy) is 1. The summed E-state index contributed by atoms with van der Waals surface area (Å²) in [4.78, 5) is 22.7. The molecule has 1 unspecified atom stereocenters. The average Bonchev–Trinajstić information content (AvgIpc) is 2.32. The molecule has 0 saturated heterocycles. The number of allylic oxidation sites excluding steroid dienone is 1. The molecular weight excluding hydrogens is 237 g/mol. The third kappa shape index (κ3) is 4.37. The van der Waals surface area contributed by atoms with Gasteiger partial charge in [0.1, 0.15) is 5.82 Å². The number of amides is 1. The Morgan fingerprint density at radius 1 is 1.33 bits per heavy atom. The van der Waals surface area contributed by atoms with Crippen molar-refractivity contribution in [1.29, 1.82) is 0 Å². The number of halogens is 1. The van der Waals surface area contributed by atoms with Crippen molar-refractivity contribution in [3.8, 4) is 0 Å². The SMILES string of the molecule is C/C=C/C(=O)OC(C)C(=O)Nc1ccc(F)cc1. The van der Waals surface area contributed by atoms with Gasteiger partial charge in [-0.3, -0.25) is 4.79 Å². The monoisotopic (exact) mass is 251 g/mol. The molecule has 4 nitrogen and oxygen atoms in total. The maximum absolute atomic E-state index is 12.6. The Kier molecular flexibility index (Phi) is 5.05. The molecule has 5 heteroatoms. The second-order valence-corrected chi connectivity index (χ2v) is 3.58. The third-order valence-corrected chi connectivity index (χ3v) is 2.08. The molecule has 0 radical (unpaired) electrons. The summed E-state index contributed by atoms with van der Waals surface area (Å²) in [5.74, 6) is -1.45. The summed E-state index contributed by atoms with van der Waals surface area (Å²) in [6.07, 6.45) is 1.83. The van der Waals surface area contributed by atoms with Crippen LogP contribution in [0.5, 0.6) is 0 Å². The van der Waals surface area contributed by atoms with Crippen molar-refractivity contribution >= 4 is 17.6 Å². The lowest BCUT2D eigenvalue weighted by Gasteiger charge is -2.12. The number of benzene rings is 1. The minimum atomic E-state index is -0.918. The van der Waals surface area contributed by atoms with Crippen LogP contribution in [0.15, 0.2) is 36.4 Å². The summed E-state index contributed by atoms with van der Waals surface area (Å²) in [6, 6.07) is 5.31. The van der Waals surface area contributed by atoms with Gasteiger partial charge < -0.3 is 10.1 Å². The van der Waals surface area contributed by atoms with Gasteiger partial charge in [-0.05, 0) is 38.1 Å². The molecule has 1 aromatic carbocycles. The Labute approximate surface area is 104 Å². The van der Waals surface area contributed by atoms with Gasteiger partial charge in [0.2, 0.25) is 0 Å². The lowest BCUT2D eigenvalue weighted by Crippen LogP contribution is -2.29. The fourth-order valence-electron chi connectivity index (χ4n) is 1.18. The number of carbonyl (C=O) groups excluding carboxylic acids is 2. The predicted molar refractivity (Wildman–Crippen MR) is 65.4 cm³/mol. The van der Waals surface area contributed by atoms with E-state index < -0.39 is 18.0 Å². The Morgan fingerprint density at radius 2 is 1.94 bits per heavy atom. The lowest BCUT2D eigenvalue weighted by atomic mass is 10.3. The Balaban J connectivity index is 2.54. The molecule has 0 saturated carbocycles. The number of hydrogen-bond donors (Lipinski definition) is 1. The number of esters is 1. The molecule has 0 aliphatic rings. The zero-order valence-corrected chi connectivity index (χ0v) is 10.1. The zero-order valence-electron chi connectivity index (χ0n) is 10.1. The highest BCUT2D eigenvalue weighted by molar-refractivity contribution is 5.95. The first-order valence-corrected chi connectivity index (χ1v) is 5.42. The topological polar surface area (TPSA) is 55.4 Å². The van der Waals surface area contributed by atoms with Gasteiger partial charge in [-0.15, -0.1) is 0 Å². The van der Waals surface area contributed by atoms with E-state index in [4.69, 9.17) is 4.74 Å². The molecule has 0 spiro atoms. The summed E-state index contributed by atoms with van der Waals surface area (Å²) >= 11 is 0. The van der Waals surface area contributed by atoms with Crippen LogP contribution in [0.1, 0.15) is 13.8 Å². The molecule has 1 rings (SSSR count). The zero-order chi connectivity index (χ0) is 13.5. The molecule has 1 amide bonds. The van der Waals surface area contributed by atoms with Crippen molar-refractivity contribution in [2.24, 2.45) is 0 Å². The van der Waals surface area contributed by atoms with Crippen LogP contribution in [0.25, 0.3) is 0 Å². The smallest absolute Gasteiger partial charge is 0.331 e. The predicted octanol–water partition coefficient (Wildman–Crippen LogP) is 2.27. The maximum Gasteiger partial charge on any atom is 0.331 e. The maximum atomic E-state index is 12.6. The van der Waals surface area contributed by atoms with Crippen molar-refractivity contribution in [2.45, 2.75) is 20.0 Å². The van der Waals surface area contributed by atoms with Crippen LogP contribution in [-0.4, -0.2) is 18.0 Å². The number of rotatable bonds is 4. The highest BCUT2D eigenvalue weighted by Crippen LogP contribution is 2.09. The standard InChI is InChI=1S/C13H14FNO3/c1-3-4-12(16)18-9(2)13(17)15-11-7-5-10(14)6-8-11/h3-9H,1-2H3,(H,15,17)/b4-3+. The first-order valence-electron chi connectivity index (χ1n) is 5.42. The van der Waals surface area contributed by atoms with E-state index in [2.05, 4.69) is 5.32 Å². The van der Waals surface area contributed by atoms with E-state index in [-0.39, 0.29) is 5.82 Å². The molecule has 0 aliphatic heterocycles. The molecule has 0 fully saturated rings. The summed E-state index contributed by atoms with van der Waals surface area (Å²) in [5, 5.41) is 2.51. The quantitative estimate of drug-likeness (QED) is 0.659. The highest BCUT2D eigenvalue weighted by atomic mass is 19.1. The van der Waals surface area contributed by atoms with E-state index in [0.717, 1.165) is 0 Å². The van der Waals surface area contributed by atoms with Crippen LogP contribution < -0.4 is 5.32 Å². The van der Waals surface area contributed by atoms with E-state index in [1.54, 1.807) is 6.92 Å². The van der Waals surface area contributed by atoms with Gasteiger partial charge in [0.25, 0.3) is 5.91 Å². The van der Waals surface area contributed by atoms with Crippen molar-refractivity contribution in [1.82, 2.24) is 0 Å². The second kappa shape index (κ2) is 6.54. The highest BCUT2D eigenvalue weighted by Gasteiger charge is 2.16. The van der Waals surface area contributed by atoms with E-state index in [1.807, 2.05) is 0 Å². The number of anilines is 1. The minimum Gasteiger partial charge on any atom is -0.449 e. The lowest BCUT2D eigenvalue weighted by molar-refractivity contribution is -0.148. The third-order valence-electron chi connectivity index (χ3n) is 2.08. The molecule has 0 bridgehead atoms. The van der Waals surface area contributed by atoms with Gasteiger partial charge in [-0.2, -0.15) is 0 Å². The molecule has 1 N–H and O–H groups in total. The average molecular weight is 251 g/mol. The summed E-state index contributed by atoms with van der Waals surface area (Å²) < 4.78 is 17.5.